The fourth-order valence-electron chi connectivity index (χ4n) is 2.32. The first kappa shape index (κ1) is 12.7. The number of amides is 1. The molecule has 1 aliphatic rings. The van der Waals surface area contributed by atoms with Crippen LogP contribution < -0.4 is 5.32 Å². The van der Waals surface area contributed by atoms with Gasteiger partial charge >= 0.3 is 0 Å². The largest absolute Gasteiger partial charge is 0.348 e. The Morgan fingerprint density at radius 3 is 3.00 bits per heavy atom. The quantitative estimate of drug-likeness (QED) is 0.883. The molecular formula is C16H15FN2O. The number of aromatic nitrogens is 1. The zero-order chi connectivity index (χ0) is 13.9. The second-order valence-electron chi connectivity index (χ2n) is 4.83. The van der Waals surface area contributed by atoms with E-state index < -0.39 is 0 Å². The molecule has 1 heterocycles. The maximum Gasteiger partial charge on any atom is 0.267 e. The zero-order valence-corrected chi connectivity index (χ0v) is 10.9. The van der Waals surface area contributed by atoms with E-state index in [1.54, 1.807) is 18.2 Å². The van der Waals surface area contributed by atoms with Crippen molar-refractivity contribution in [2.24, 2.45) is 0 Å². The van der Waals surface area contributed by atoms with Crippen LogP contribution in [0.1, 0.15) is 23.3 Å². The molecule has 20 heavy (non-hydrogen) atoms. The average Bonchev–Trinajstić information content (AvgIpc) is 2.91. The topological polar surface area (TPSA) is 44.9 Å². The molecular weight excluding hydrogens is 255 g/mol. The van der Waals surface area contributed by atoms with Gasteiger partial charge < -0.3 is 10.3 Å². The minimum absolute atomic E-state index is 0.222. The highest BCUT2D eigenvalue weighted by atomic mass is 19.1. The molecule has 2 aromatic rings. The van der Waals surface area contributed by atoms with Crippen LogP contribution in [0.2, 0.25) is 0 Å². The summed E-state index contributed by atoms with van der Waals surface area (Å²) >= 11 is 0. The van der Waals surface area contributed by atoms with Crippen LogP contribution in [0.5, 0.6) is 0 Å². The molecule has 0 radical (unpaired) electrons. The molecule has 0 saturated carbocycles. The van der Waals surface area contributed by atoms with Crippen LogP contribution in [0.3, 0.4) is 0 Å². The summed E-state index contributed by atoms with van der Waals surface area (Å²) in [5.74, 6) is -0.569. The Hall–Kier alpha value is -2.36. The van der Waals surface area contributed by atoms with E-state index in [-0.39, 0.29) is 11.7 Å². The van der Waals surface area contributed by atoms with Gasteiger partial charge in [0.15, 0.2) is 0 Å². The summed E-state index contributed by atoms with van der Waals surface area (Å²) in [6.45, 7) is 0.493. The number of carbonyl (C=O) groups excluding carboxylic acids is 1. The lowest BCUT2D eigenvalue weighted by Crippen LogP contribution is -2.25. The van der Waals surface area contributed by atoms with Crippen molar-refractivity contribution >= 4 is 16.8 Å². The van der Waals surface area contributed by atoms with Gasteiger partial charge in [-0.3, -0.25) is 4.79 Å². The van der Waals surface area contributed by atoms with Gasteiger partial charge in [-0.05, 0) is 30.5 Å². The van der Waals surface area contributed by atoms with E-state index in [1.165, 1.54) is 6.07 Å². The van der Waals surface area contributed by atoms with Crippen molar-refractivity contribution in [3.63, 3.8) is 0 Å². The molecule has 1 aromatic carbocycles. The molecule has 0 spiro atoms. The lowest BCUT2D eigenvalue weighted by atomic mass is 10.1. The highest BCUT2D eigenvalue weighted by Gasteiger charge is 2.11. The summed E-state index contributed by atoms with van der Waals surface area (Å²) in [4.78, 5) is 14.9. The molecule has 0 unspecified atom stereocenters. The van der Waals surface area contributed by atoms with Crippen molar-refractivity contribution in [1.82, 2.24) is 10.3 Å². The molecule has 0 saturated heterocycles. The Kier molecular flexibility index (Phi) is 3.37. The number of fused-ring (bicyclic) bond motifs is 1. The number of aromatic amines is 1. The predicted octanol–water partition coefficient (Wildman–Crippen LogP) is 3.31. The Morgan fingerprint density at radius 2 is 2.25 bits per heavy atom. The first-order valence-corrected chi connectivity index (χ1v) is 6.65. The third-order valence-electron chi connectivity index (χ3n) is 3.37. The van der Waals surface area contributed by atoms with E-state index in [2.05, 4.69) is 22.5 Å². The van der Waals surface area contributed by atoms with E-state index in [0.717, 1.165) is 18.4 Å². The number of benzene rings is 1. The molecule has 1 aliphatic carbocycles. The van der Waals surface area contributed by atoms with Crippen molar-refractivity contribution in [1.29, 1.82) is 0 Å². The summed E-state index contributed by atoms with van der Waals surface area (Å²) in [5, 5.41) is 3.54. The first-order chi connectivity index (χ1) is 9.74. The number of hydrogen-bond acceptors (Lipinski definition) is 1. The van der Waals surface area contributed by atoms with Crippen molar-refractivity contribution in [3.8, 4) is 0 Å². The number of hydrogen-bond donors (Lipinski definition) is 2. The summed E-state index contributed by atoms with van der Waals surface area (Å²) in [6, 6.07) is 6.44. The van der Waals surface area contributed by atoms with Gasteiger partial charge in [-0.1, -0.05) is 30.4 Å². The molecule has 0 atom stereocenters. The van der Waals surface area contributed by atoms with Crippen LogP contribution in [0.4, 0.5) is 4.39 Å². The fraction of sp³-hybridized carbons (Fsp3) is 0.188. The van der Waals surface area contributed by atoms with Crippen LogP contribution in [-0.4, -0.2) is 17.4 Å². The fourth-order valence-corrected chi connectivity index (χ4v) is 2.32. The van der Waals surface area contributed by atoms with Gasteiger partial charge in [-0.2, -0.15) is 0 Å². The van der Waals surface area contributed by atoms with Crippen molar-refractivity contribution in [2.75, 3.05) is 6.54 Å². The average molecular weight is 270 g/mol. The van der Waals surface area contributed by atoms with E-state index in [0.29, 0.717) is 23.1 Å². The maximum absolute atomic E-state index is 13.6. The molecule has 3 nitrogen and oxygen atoms in total. The van der Waals surface area contributed by atoms with Crippen molar-refractivity contribution < 1.29 is 9.18 Å². The molecule has 102 valence electrons. The van der Waals surface area contributed by atoms with Gasteiger partial charge in [0.2, 0.25) is 0 Å². The van der Waals surface area contributed by atoms with E-state index >= 15 is 0 Å². The number of allylic oxidation sites excluding steroid dienone is 2. The van der Waals surface area contributed by atoms with Gasteiger partial charge in [0.05, 0.1) is 5.52 Å². The van der Waals surface area contributed by atoms with Crippen LogP contribution >= 0.6 is 0 Å². The van der Waals surface area contributed by atoms with Crippen LogP contribution in [-0.2, 0) is 0 Å². The zero-order valence-electron chi connectivity index (χ0n) is 10.9. The van der Waals surface area contributed by atoms with Crippen LogP contribution in [0.25, 0.3) is 10.9 Å². The Morgan fingerprint density at radius 1 is 1.35 bits per heavy atom. The van der Waals surface area contributed by atoms with E-state index in [9.17, 15) is 9.18 Å². The SMILES string of the molecule is O=C(NCC1=CCCC=C1)c1cc2cccc(F)c2[nH]1. The standard InChI is InChI=1S/C16H15FN2O/c17-13-8-4-7-12-9-14(19-15(12)13)16(20)18-10-11-5-2-1-3-6-11/h2,4-9,19H,1,3,10H2,(H,18,20). The summed E-state index contributed by atoms with van der Waals surface area (Å²) in [5.41, 5.74) is 1.85. The summed E-state index contributed by atoms with van der Waals surface area (Å²) < 4.78 is 13.6. The third kappa shape index (κ3) is 2.50. The summed E-state index contributed by atoms with van der Waals surface area (Å²) in [6.07, 6.45) is 8.30. The molecule has 0 fully saturated rings. The number of halogens is 1. The number of rotatable bonds is 3. The van der Waals surface area contributed by atoms with Crippen molar-refractivity contribution in [3.05, 3.63) is 59.6 Å². The first-order valence-electron chi connectivity index (χ1n) is 6.65. The number of H-pyrrole nitrogens is 1. The minimum atomic E-state index is -0.348. The predicted molar refractivity (Wildman–Crippen MR) is 77.0 cm³/mol. The summed E-state index contributed by atoms with van der Waals surface area (Å²) in [7, 11) is 0. The number of nitrogens with one attached hydrogen (secondary N) is 2. The van der Waals surface area contributed by atoms with E-state index in [4.69, 9.17) is 0 Å². The van der Waals surface area contributed by atoms with Crippen molar-refractivity contribution in [2.45, 2.75) is 12.8 Å². The molecule has 2 N–H and O–H groups in total. The number of carbonyl (C=O) groups is 1. The van der Waals surface area contributed by atoms with Gasteiger partial charge in [-0.25, -0.2) is 4.39 Å². The second kappa shape index (κ2) is 5.33. The number of para-hydroxylation sites is 1. The third-order valence-corrected chi connectivity index (χ3v) is 3.37. The normalized spacial score (nSPS) is 14.3. The monoisotopic (exact) mass is 270 g/mol. The Balaban J connectivity index is 1.74. The molecule has 3 rings (SSSR count). The van der Waals surface area contributed by atoms with Gasteiger partial charge in [0.1, 0.15) is 11.5 Å². The highest BCUT2D eigenvalue weighted by molar-refractivity contribution is 5.98. The highest BCUT2D eigenvalue weighted by Crippen LogP contribution is 2.18. The van der Waals surface area contributed by atoms with Gasteiger partial charge in [0.25, 0.3) is 5.91 Å². The van der Waals surface area contributed by atoms with Crippen LogP contribution in [0.15, 0.2) is 48.1 Å². The second-order valence-corrected chi connectivity index (χ2v) is 4.83. The molecule has 0 aliphatic heterocycles. The molecule has 1 aromatic heterocycles. The van der Waals surface area contributed by atoms with E-state index in [1.807, 2.05) is 6.08 Å². The molecule has 1 amide bonds. The smallest absolute Gasteiger partial charge is 0.267 e. The molecule has 4 heteroatoms. The maximum atomic E-state index is 13.6. The lowest BCUT2D eigenvalue weighted by Gasteiger charge is -2.07. The van der Waals surface area contributed by atoms with Crippen LogP contribution in [0, 0.1) is 5.82 Å². The Labute approximate surface area is 116 Å². The van der Waals surface area contributed by atoms with Gasteiger partial charge in [0, 0.05) is 11.9 Å². The minimum Gasteiger partial charge on any atom is -0.348 e. The van der Waals surface area contributed by atoms with Gasteiger partial charge in [-0.15, -0.1) is 0 Å². The molecule has 0 bridgehead atoms. The Bertz CT molecular complexity index is 712. The lowest BCUT2D eigenvalue weighted by molar-refractivity contribution is 0.0953.